The van der Waals surface area contributed by atoms with Gasteiger partial charge in [0.1, 0.15) is 5.88 Å². The van der Waals surface area contributed by atoms with Crippen molar-refractivity contribution in [3.05, 3.63) is 35.4 Å². The Morgan fingerprint density at radius 2 is 1.78 bits per heavy atom. The second kappa shape index (κ2) is 7.42. The lowest BCUT2D eigenvalue weighted by Crippen LogP contribution is -2.34. The molecule has 2 nitrogen and oxygen atoms in total. The minimum atomic E-state index is 0.00457. The van der Waals surface area contributed by atoms with Crippen LogP contribution in [0.1, 0.15) is 31.9 Å². The summed E-state index contributed by atoms with van der Waals surface area (Å²) >= 11 is 5.65. The average molecular weight is 268 g/mol. The van der Waals surface area contributed by atoms with Crippen LogP contribution in [0.15, 0.2) is 24.3 Å². The number of carbonyl (C=O) groups is 1. The van der Waals surface area contributed by atoms with Crippen molar-refractivity contribution in [3.8, 4) is 0 Å². The molecule has 0 unspecified atom stereocenters. The zero-order valence-electron chi connectivity index (χ0n) is 11.4. The number of halogens is 1. The van der Waals surface area contributed by atoms with Gasteiger partial charge in [-0.15, -0.1) is 11.6 Å². The third kappa shape index (κ3) is 4.69. The van der Waals surface area contributed by atoms with Gasteiger partial charge in [-0.3, -0.25) is 4.79 Å². The lowest BCUT2D eigenvalue weighted by atomic mass is 10.1. The fraction of sp³-hybridized carbons (Fsp3) is 0.533. The van der Waals surface area contributed by atoms with Crippen LogP contribution in [0.3, 0.4) is 0 Å². The van der Waals surface area contributed by atoms with Crippen LogP contribution in [0.5, 0.6) is 0 Å². The normalized spacial score (nSPS) is 10.7. The monoisotopic (exact) mass is 267 g/mol. The topological polar surface area (TPSA) is 20.3 Å². The van der Waals surface area contributed by atoms with Crippen LogP contribution < -0.4 is 0 Å². The Kier molecular flexibility index (Phi) is 6.20. The van der Waals surface area contributed by atoms with E-state index in [9.17, 15) is 4.79 Å². The van der Waals surface area contributed by atoms with Gasteiger partial charge in [0.15, 0.2) is 0 Å². The third-order valence-corrected chi connectivity index (χ3v) is 3.09. The molecular weight excluding hydrogens is 246 g/mol. The number of nitrogens with zero attached hydrogens (tertiary/aromatic N) is 1. The number of amides is 1. The molecule has 0 aliphatic heterocycles. The van der Waals surface area contributed by atoms with Crippen molar-refractivity contribution in [3.63, 3.8) is 0 Å². The molecule has 0 aliphatic rings. The molecule has 1 aromatic rings. The number of hydrogen-bond acceptors (Lipinski definition) is 1. The summed E-state index contributed by atoms with van der Waals surface area (Å²) in [4.78, 5) is 13.6. The number of rotatable bonds is 6. The zero-order valence-corrected chi connectivity index (χ0v) is 12.2. The second-order valence-corrected chi connectivity index (χ2v) is 5.24. The Labute approximate surface area is 115 Å². The van der Waals surface area contributed by atoms with Gasteiger partial charge in [-0.2, -0.15) is 0 Å². The standard InChI is InChI=1S/C15H22ClNO/c1-4-13-5-7-14(8-6-13)11-17(10-12(2)3)15(18)9-16/h5-8,12H,4,9-11H2,1-3H3. The summed E-state index contributed by atoms with van der Waals surface area (Å²) in [5.74, 6) is 0.511. The van der Waals surface area contributed by atoms with Crippen molar-refractivity contribution in [1.82, 2.24) is 4.90 Å². The Hall–Kier alpha value is -1.02. The molecule has 100 valence electrons. The van der Waals surface area contributed by atoms with Gasteiger partial charge in [-0.05, 0) is 23.5 Å². The highest BCUT2D eigenvalue weighted by Gasteiger charge is 2.14. The molecule has 18 heavy (non-hydrogen) atoms. The summed E-state index contributed by atoms with van der Waals surface area (Å²) in [5, 5.41) is 0. The van der Waals surface area contributed by atoms with Gasteiger partial charge in [0.2, 0.25) is 5.91 Å². The third-order valence-electron chi connectivity index (χ3n) is 2.86. The smallest absolute Gasteiger partial charge is 0.237 e. The van der Waals surface area contributed by atoms with Crippen LogP contribution in [0.4, 0.5) is 0 Å². The quantitative estimate of drug-likeness (QED) is 0.723. The lowest BCUT2D eigenvalue weighted by Gasteiger charge is -2.24. The van der Waals surface area contributed by atoms with E-state index in [1.165, 1.54) is 5.56 Å². The molecule has 0 N–H and O–H groups in total. The average Bonchev–Trinajstić information content (AvgIpc) is 2.37. The maximum Gasteiger partial charge on any atom is 0.237 e. The second-order valence-electron chi connectivity index (χ2n) is 4.97. The highest BCUT2D eigenvalue weighted by Crippen LogP contribution is 2.10. The fourth-order valence-corrected chi connectivity index (χ4v) is 2.05. The molecule has 1 rings (SSSR count). The van der Waals surface area contributed by atoms with Gasteiger partial charge in [-0.25, -0.2) is 0 Å². The molecule has 0 saturated heterocycles. The number of alkyl halides is 1. The summed E-state index contributed by atoms with van der Waals surface area (Å²) in [6.07, 6.45) is 1.04. The predicted octanol–water partition coefficient (Wildman–Crippen LogP) is 3.47. The number of benzene rings is 1. The van der Waals surface area contributed by atoms with Crippen LogP contribution >= 0.6 is 11.6 Å². The van der Waals surface area contributed by atoms with E-state index in [1.807, 2.05) is 4.90 Å². The SMILES string of the molecule is CCc1ccc(CN(CC(C)C)C(=O)CCl)cc1. The van der Waals surface area contributed by atoms with Crippen LogP contribution in [0.2, 0.25) is 0 Å². The van der Waals surface area contributed by atoms with Gasteiger partial charge in [0.05, 0.1) is 0 Å². The number of carbonyl (C=O) groups excluding carboxylic acids is 1. The molecule has 1 amide bonds. The van der Waals surface area contributed by atoms with E-state index in [1.54, 1.807) is 0 Å². The van der Waals surface area contributed by atoms with E-state index < -0.39 is 0 Å². The highest BCUT2D eigenvalue weighted by molar-refractivity contribution is 6.27. The van der Waals surface area contributed by atoms with Crippen molar-refractivity contribution in [2.75, 3.05) is 12.4 Å². The predicted molar refractivity (Wildman–Crippen MR) is 76.8 cm³/mol. The molecule has 0 fully saturated rings. The first kappa shape index (κ1) is 15.0. The van der Waals surface area contributed by atoms with E-state index in [-0.39, 0.29) is 11.8 Å². The molecule has 0 bridgehead atoms. The van der Waals surface area contributed by atoms with Gasteiger partial charge in [0.25, 0.3) is 0 Å². The van der Waals surface area contributed by atoms with Gasteiger partial charge in [-0.1, -0.05) is 45.0 Å². The van der Waals surface area contributed by atoms with Crippen molar-refractivity contribution in [2.24, 2.45) is 5.92 Å². The largest absolute Gasteiger partial charge is 0.337 e. The Morgan fingerprint density at radius 1 is 1.22 bits per heavy atom. The van der Waals surface area contributed by atoms with Crippen LogP contribution in [0, 0.1) is 5.92 Å². The first-order valence-electron chi connectivity index (χ1n) is 6.48. The molecular formula is C15H22ClNO. The van der Waals surface area contributed by atoms with Crippen molar-refractivity contribution >= 4 is 17.5 Å². The molecule has 1 aromatic carbocycles. The Bertz CT molecular complexity index is 373. The van der Waals surface area contributed by atoms with Crippen LogP contribution in [-0.4, -0.2) is 23.2 Å². The van der Waals surface area contributed by atoms with Gasteiger partial charge < -0.3 is 4.90 Å². The number of hydrogen-bond donors (Lipinski definition) is 0. The first-order chi connectivity index (χ1) is 8.56. The van der Waals surface area contributed by atoms with E-state index in [0.29, 0.717) is 12.5 Å². The van der Waals surface area contributed by atoms with Crippen molar-refractivity contribution in [1.29, 1.82) is 0 Å². The molecule has 0 atom stereocenters. The van der Waals surface area contributed by atoms with E-state index >= 15 is 0 Å². The summed E-state index contributed by atoms with van der Waals surface area (Å²) in [6.45, 7) is 7.75. The molecule has 0 aromatic heterocycles. The van der Waals surface area contributed by atoms with E-state index in [2.05, 4.69) is 45.0 Å². The molecule has 3 heteroatoms. The van der Waals surface area contributed by atoms with E-state index in [4.69, 9.17) is 11.6 Å². The molecule has 0 spiro atoms. The molecule has 0 radical (unpaired) electrons. The Balaban J connectivity index is 2.72. The highest BCUT2D eigenvalue weighted by atomic mass is 35.5. The molecule has 0 heterocycles. The van der Waals surface area contributed by atoms with Crippen molar-refractivity contribution in [2.45, 2.75) is 33.7 Å². The summed E-state index contributed by atoms with van der Waals surface area (Å²) in [5.41, 5.74) is 2.48. The van der Waals surface area contributed by atoms with Gasteiger partial charge >= 0.3 is 0 Å². The summed E-state index contributed by atoms with van der Waals surface area (Å²) < 4.78 is 0. The van der Waals surface area contributed by atoms with Gasteiger partial charge in [0, 0.05) is 13.1 Å². The zero-order chi connectivity index (χ0) is 13.5. The lowest BCUT2D eigenvalue weighted by molar-refractivity contribution is -0.129. The Morgan fingerprint density at radius 3 is 2.22 bits per heavy atom. The fourth-order valence-electron chi connectivity index (χ4n) is 1.88. The summed E-state index contributed by atoms with van der Waals surface area (Å²) in [7, 11) is 0. The van der Waals surface area contributed by atoms with Crippen molar-refractivity contribution < 1.29 is 4.79 Å². The molecule has 0 saturated carbocycles. The molecule has 0 aliphatic carbocycles. The maximum atomic E-state index is 11.8. The van der Waals surface area contributed by atoms with E-state index in [0.717, 1.165) is 18.5 Å². The minimum Gasteiger partial charge on any atom is -0.337 e. The summed E-state index contributed by atoms with van der Waals surface area (Å²) in [6, 6.07) is 8.42. The number of aryl methyl sites for hydroxylation is 1. The first-order valence-corrected chi connectivity index (χ1v) is 7.01. The van der Waals surface area contributed by atoms with Crippen LogP contribution in [0.25, 0.3) is 0 Å². The maximum absolute atomic E-state index is 11.8. The minimum absolute atomic E-state index is 0.00457. The van der Waals surface area contributed by atoms with Crippen LogP contribution in [-0.2, 0) is 17.8 Å².